The lowest BCUT2D eigenvalue weighted by molar-refractivity contribution is -0.162. The molecule has 4 rings (SSSR count). The number of aliphatic hydroxyl groups excluding tert-OH is 1. The van der Waals surface area contributed by atoms with Crippen molar-refractivity contribution in [2.75, 3.05) is 42.6 Å². The van der Waals surface area contributed by atoms with E-state index in [4.69, 9.17) is 9.47 Å². The highest BCUT2D eigenvalue weighted by molar-refractivity contribution is 6.05. The Morgan fingerprint density at radius 1 is 1.14 bits per heavy atom. The Labute approximate surface area is 250 Å². The molecule has 3 fully saturated rings. The van der Waals surface area contributed by atoms with Gasteiger partial charge < -0.3 is 29.3 Å². The second kappa shape index (κ2) is 13.0. The first kappa shape index (κ1) is 31.8. The highest BCUT2D eigenvalue weighted by Crippen LogP contribution is 2.64. The van der Waals surface area contributed by atoms with Gasteiger partial charge in [-0.15, -0.1) is 13.2 Å². The number of carbonyl (C=O) groups excluding carboxylic acids is 3. The number of likely N-dealkylation sites (tertiary alicyclic amines) is 1. The maximum Gasteiger partial charge on any atom is 0.312 e. The van der Waals surface area contributed by atoms with Gasteiger partial charge in [-0.25, -0.2) is 0 Å². The predicted molar refractivity (Wildman–Crippen MR) is 163 cm³/mol. The maximum absolute atomic E-state index is 14.7. The van der Waals surface area contributed by atoms with Crippen molar-refractivity contribution in [1.29, 1.82) is 0 Å². The molecule has 230 valence electrons. The molecule has 2 amide bonds. The number of hydrogen-bond acceptors (Lipinski definition) is 7. The van der Waals surface area contributed by atoms with Crippen LogP contribution in [0.2, 0.25) is 0 Å². The van der Waals surface area contributed by atoms with Crippen LogP contribution in [0.25, 0.3) is 0 Å². The molecular weight excluding hydrogens is 534 g/mol. The average molecular weight is 582 g/mol. The molecule has 3 aliphatic heterocycles. The van der Waals surface area contributed by atoms with E-state index >= 15 is 0 Å². The fraction of sp³-hybridized carbons (Fsp3) is 0.606. The minimum absolute atomic E-state index is 0.226. The normalized spacial score (nSPS) is 28.4. The van der Waals surface area contributed by atoms with Crippen LogP contribution in [0.4, 0.5) is 11.4 Å². The molecule has 3 aliphatic rings. The Bertz CT molecular complexity index is 1170. The number of carbonyl (C=O) groups is 3. The second-order valence-corrected chi connectivity index (χ2v) is 11.6. The van der Waals surface area contributed by atoms with E-state index in [0.717, 1.165) is 18.8 Å². The topological polar surface area (TPSA) is 99.6 Å². The number of amides is 2. The number of rotatable bonds is 15. The SMILES string of the molecule is C=CCCCOC(=O)[C@@H]1[C@H]2C(=O)N([C@H](C)CO)C(C(=O)N(CC=C)c3ccc(N(CC)CC)cc3)C23CC[C@@]1(CC)O3. The summed E-state index contributed by atoms with van der Waals surface area (Å²) in [6.45, 7) is 17.3. The van der Waals surface area contributed by atoms with Crippen molar-refractivity contribution in [3.05, 3.63) is 49.6 Å². The van der Waals surface area contributed by atoms with Gasteiger partial charge in [0.2, 0.25) is 5.91 Å². The number of nitrogens with zero attached hydrogens (tertiary/aromatic N) is 3. The number of hydrogen-bond donors (Lipinski definition) is 1. The number of esters is 1. The molecule has 3 heterocycles. The summed E-state index contributed by atoms with van der Waals surface area (Å²) in [5, 5.41) is 10.2. The van der Waals surface area contributed by atoms with Gasteiger partial charge in [-0.1, -0.05) is 19.1 Å². The summed E-state index contributed by atoms with van der Waals surface area (Å²) >= 11 is 0. The average Bonchev–Trinajstić information content (AvgIpc) is 3.62. The molecule has 9 nitrogen and oxygen atoms in total. The van der Waals surface area contributed by atoms with Crippen molar-refractivity contribution >= 4 is 29.2 Å². The van der Waals surface area contributed by atoms with Crippen molar-refractivity contribution in [3.63, 3.8) is 0 Å². The van der Waals surface area contributed by atoms with Crippen LogP contribution in [0.1, 0.15) is 59.8 Å². The van der Waals surface area contributed by atoms with Gasteiger partial charge >= 0.3 is 5.97 Å². The number of allylic oxidation sites excluding steroid dienone is 1. The monoisotopic (exact) mass is 581 g/mol. The van der Waals surface area contributed by atoms with Crippen LogP contribution in [0.15, 0.2) is 49.6 Å². The lowest BCUT2D eigenvalue weighted by Gasteiger charge is -2.38. The van der Waals surface area contributed by atoms with Gasteiger partial charge in [-0.3, -0.25) is 14.4 Å². The fourth-order valence-electron chi connectivity index (χ4n) is 7.38. The zero-order chi connectivity index (χ0) is 30.7. The summed E-state index contributed by atoms with van der Waals surface area (Å²) in [6.07, 6.45) is 6.32. The summed E-state index contributed by atoms with van der Waals surface area (Å²) in [7, 11) is 0. The Balaban J connectivity index is 1.74. The molecule has 1 N–H and O–H groups in total. The molecule has 1 spiro atoms. The first-order valence-corrected chi connectivity index (χ1v) is 15.4. The van der Waals surface area contributed by atoms with Crippen LogP contribution in [-0.2, 0) is 23.9 Å². The summed E-state index contributed by atoms with van der Waals surface area (Å²) in [6, 6.07) is 6.14. The van der Waals surface area contributed by atoms with E-state index in [9.17, 15) is 19.5 Å². The van der Waals surface area contributed by atoms with E-state index in [1.165, 1.54) is 4.90 Å². The first-order valence-electron chi connectivity index (χ1n) is 15.4. The third-order valence-corrected chi connectivity index (χ3v) is 9.51. The molecule has 42 heavy (non-hydrogen) atoms. The molecule has 2 bridgehead atoms. The highest BCUT2D eigenvalue weighted by Gasteiger charge is 2.79. The number of fused-ring (bicyclic) bond motifs is 1. The predicted octanol–water partition coefficient (Wildman–Crippen LogP) is 4.10. The molecular formula is C33H47N3O6. The molecule has 0 aliphatic carbocycles. The van der Waals surface area contributed by atoms with E-state index in [1.807, 2.05) is 31.2 Å². The van der Waals surface area contributed by atoms with Gasteiger partial charge in [-0.05, 0) is 77.1 Å². The molecule has 6 atom stereocenters. The van der Waals surface area contributed by atoms with Crippen molar-refractivity contribution in [2.24, 2.45) is 11.8 Å². The van der Waals surface area contributed by atoms with Gasteiger partial charge in [0.1, 0.15) is 17.6 Å². The van der Waals surface area contributed by atoms with Crippen LogP contribution < -0.4 is 9.80 Å². The Morgan fingerprint density at radius 3 is 2.38 bits per heavy atom. The molecule has 0 saturated carbocycles. The van der Waals surface area contributed by atoms with Crippen LogP contribution >= 0.6 is 0 Å². The fourth-order valence-corrected chi connectivity index (χ4v) is 7.38. The Hall–Kier alpha value is -3.17. The Kier molecular flexibility index (Phi) is 9.83. The van der Waals surface area contributed by atoms with E-state index in [0.29, 0.717) is 37.8 Å². The largest absolute Gasteiger partial charge is 0.465 e. The molecule has 1 aromatic carbocycles. The van der Waals surface area contributed by atoms with Crippen molar-refractivity contribution in [1.82, 2.24) is 4.90 Å². The summed E-state index contributed by atoms with van der Waals surface area (Å²) in [5.74, 6) is -2.79. The van der Waals surface area contributed by atoms with Gasteiger partial charge in [0.15, 0.2) is 0 Å². The quantitative estimate of drug-likeness (QED) is 0.189. The standard InChI is InChI=1S/C33H47N3O6/c1-7-12-13-21-41-31(40)27-26-29(38)36(23(6)22-37)28(33(26)19-18-32(27,9-3)42-33)30(39)35(20-8-2)25-16-14-24(15-17-25)34(10-4)11-5/h7-8,14-17,23,26-28,37H,1-2,9-13,18-22H2,3-6H3/t23-,26+,27+,28?,32-,33?/m1/s1. The van der Waals surface area contributed by atoms with E-state index in [1.54, 1.807) is 24.0 Å². The van der Waals surface area contributed by atoms with Gasteiger partial charge in [0.05, 0.1) is 30.8 Å². The smallest absolute Gasteiger partial charge is 0.312 e. The summed E-state index contributed by atoms with van der Waals surface area (Å²) < 4.78 is 12.5. The van der Waals surface area contributed by atoms with Gasteiger partial charge in [0.25, 0.3) is 5.91 Å². The van der Waals surface area contributed by atoms with Gasteiger partial charge in [-0.2, -0.15) is 0 Å². The van der Waals surface area contributed by atoms with Crippen LogP contribution in [-0.4, -0.2) is 83.9 Å². The third kappa shape index (κ3) is 5.15. The number of ether oxygens (including phenoxy) is 2. The molecule has 9 heteroatoms. The zero-order valence-electron chi connectivity index (χ0n) is 25.6. The number of unbranched alkanes of at least 4 members (excludes halogenated alkanes) is 1. The molecule has 2 unspecified atom stereocenters. The van der Waals surface area contributed by atoms with E-state index in [-0.39, 0.29) is 31.6 Å². The van der Waals surface area contributed by atoms with Crippen molar-refractivity contribution in [2.45, 2.75) is 83.1 Å². The third-order valence-electron chi connectivity index (χ3n) is 9.51. The summed E-state index contributed by atoms with van der Waals surface area (Å²) in [5.41, 5.74) is -0.343. The van der Waals surface area contributed by atoms with E-state index < -0.39 is 41.1 Å². The summed E-state index contributed by atoms with van der Waals surface area (Å²) in [4.78, 5) is 47.8. The number of anilines is 2. The molecule has 0 radical (unpaired) electrons. The van der Waals surface area contributed by atoms with Crippen molar-refractivity contribution in [3.8, 4) is 0 Å². The van der Waals surface area contributed by atoms with Gasteiger partial charge in [0, 0.05) is 31.0 Å². The number of benzene rings is 1. The second-order valence-electron chi connectivity index (χ2n) is 11.6. The van der Waals surface area contributed by atoms with E-state index in [2.05, 4.69) is 31.9 Å². The number of aliphatic hydroxyl groups is 1. The minimum atomic E-state index is -1.20. The lowest BCUT2D eigenvalue weighted by atomic mass is 9.65. The minimum Gasteiger partial charge on any atom is -0.465 e. The van der Waals surface area contributed by atoms with Crippen molar-refractivity contribution < 1.29 is 29.0 Å². The highest BCUT2D eigenvalue weighted by atomic mass is 16.6. The first-order chi connectivity index (χ1) is 20.2. The maximum atomic E-state index is 14.7. The molecule has 3 saturated heterocycles. The van der Waals surface area contributed by atoms with Crippen LogP contribution in [0.5, 0.6) is 0 Å². The molecule has 1 aromatic rings. The lowest BCUT2D eigenvalue weighted by Crippen LogP contribution is -2.58. The van der Waals surface area contributed by atoms with Crippen LogP contribution in [0, 0.1) is 11.8 Å². The molecule has 0 aromatic heterocycles. The zero-order valence-corrected chi connectivity index (χ0v) is 25.6. The Morgan fingerprint density at radius 2 is 1.81 bits per heavy atom. The van der Waals surface area contributed by atoms with Crippen LogP contribution in [0.3, 0.4) is 0 Å².